The zero-order valence-corrected chi connectivity index (χ0v) is 11.2. The van der Waals surface area contributed by atoms with Crippen LogP contribution >= 0.6 is 0 Å². The van der Waals surface area contributed by atoms with Gasteiger partial charge in [-0.25, -0.2) is 0 Å². The van der Waals surface area contributed by atoms with E-state index in [0.29, 0.717) is 5.75 Å². The quantitative estimate of drug-likeness (QED) is 0.726. The Bertz CT molecular complexity index is 687. The molecule has 98 valence electrons. The van der Waals surface area contributed by atoms with Crippen LogP contribution in [-0.2, 0) is 6.42 Å². The Kier molecular flexibility index (Phi) is 3.51. The maximum atomic E-state index is 10.2. The van der Waals surface area contributed by atoms with Crippen molar-refractivity contribution in [3.63, 3.8) is 0 Å². The smallest absolute Gasteiger partial charge is 0.119 e. The Morgan fingerprint density at radius 2 is 1.30 bits per heavy atom. The molecule has 0 fully saturated rings. The lowest BCUT2D eigenvalue weighted by molar-refractivity contribution is 0.470. The minimum absolute atomic E-state index is 0.357. The summed E-state index contributed by atoms with van der Waals surface area (Å²) in [6, 6.07) is 26.1. The highest BCUT2D eigenvalue weighted by molar-refractivity contribution is 5.70. The van der Waals surface area contributed by atoms with Crippen molar-refractivity contribution in [2.45, 2.75) is 6.42 Å². The molecule has 0 aliphatic heterocycles. The van der Waals surface area contributed by atoms with Gasteiger partial charge < -0.3 is 5.11 Å². The van der Waals surface area contributed by atoms with Gasteiger partial charge in [0.25, 0.3) is 0 Å². The van der Waals surface area contributed by atoms with Crippen molar-refractivity contribution < 1.29 is 5.11 Å². The van der Waals surface area contributed by atoms with Crippen molar-refractivity contribution in [2.24, 2.45) is 0 Å². The molecule has 1 nitrogen and oxygen atoms in total. The van der Waals surface area contributed by atoms with Crippen molar-refractivity contribution in [2.75, 3.05) is 0 Å². The molecule has 20 heavy (non-hydrogen) atoms. The monoisotopic (exact) mass is 260 g/mol. The fraction of sp³-hybridized carbons (Fsp3) is 0.0526. The van der Waals surface area contributed by atoms with Gasteiger partial charge in [-0.2, -0.15) is 0 Å². The third kappa shape index (κ3) is 2.57. The van der Waals surface area contributed by atoms with Crippen LogP contribution in [0.4, 0.5) is 0 Å². The number of benzene rings is 3. The molecule has 0 radical (unpaired) electrons. The summed E-state index contributed by atoms with van der Waals surface area (Å²) < 4.78 is 0. The summed E-state index contributed by atoms with van der Waals surface area (Å²) in [5.41, 5.74) is 4.40. The van der Waals surface area contributed by atoms with Gasteiger partial charge in [-0.3, -0.25) is 0 Å². The summed E-state index contributed by atoms with van der Waals surface area (Å²) in [5, 5.41) is 10.2. The van der Waals surface area contributed by atoms with Crippen LogP contribution in [0.3, 0.4) is 0 Å². The second-order valence-corrected chi connectivity index (χ2v) is 4.83. The fourth-order valence-corrected chi connectivity index (χ4v) is 2.45. The van der Waals surface area contributed by atoms with E-state index in [-0.39, 0.29) is 0 Å². The SMILES string of the molecule is Oc1cccc(-c2ccccc2)c1Cc1ccccc1. The van der Waals surface area contributed by atoms with Gasteiger partial charge in [0.2, 0.25) is 0 Å². The average molecular weight is 260 g/mol. The Morgan fingerprint density at radius 3 is 2.00 bits per heavy atom. The van der Waals surface area contributed by atoms with E-state index >= 15 is 0 Å². The summed E-state index contributed by atoms with van der Waals surface area (Å²) in [6.45, 7) is 0. The molecule has 0 aliphatic rings. The molecule has 3 aromatic carbocycles. The predicted molar refractivity (Wildman–Crippen MR) is 82.8 cm³/mol. The van der Waals surface area contributed by atoms with Gasteiger partial charge in [0.15, 0.2) is 0 Å². The summed E-state index contributed by atoms with van der Waals surface area (Å²) in [7, 11) is 0. The van der Waals surface area contributed by atoms with Crippen LogP contribution < -0.4 is 0 Å². The maximum Gasteiger partial charge on any atom is 0.119 e. The molecule has 0 saturated carbocycles. The van der Waals surface area contributed by atoms with Gasteiger partial charge in [0.05, 0.1) is 0 Å². The van der Waals surface area contributed by atoms with Gasteiger partial charge >= 0.3 is 0 Å². The Labute approximate surface area is 119 Å². The summed E-state index contributed by atoms with van der Waals surface area (Å²) >= 11 is 0. The number of phenolic OH excluding ortho intramolecular Hbond substituents is 1. The highest BCUT2D eigenvalue weighted by Gasteiger charge is 2.10. The first-order valence-electron chi connectivity index (χ1n) is 6.75. The van der Waals surface area contributed by atoms with E-state index in [1.807, 2.05) is 42.5 Å². The Morgan fingerprint density at radius 1 is 0.650 bits per heavy atom. The minimum atomic E-state index is 0.357. The number of hydrogen-bond donors (Lipinski definition) is 1. The van der Waals surface area contributed by atoms with Crippen molar-refractivity contribution in [1.82, 2.24) is 0 Å². The first-order chi connectivity index (χ1) is 9.84. The summed E-state index contributed by atoms with van der Waals surface area (Å²) in [4.78, 5) is 0. The first kappa shape index (κ1) is 12.5. The standard InChI is InChI=1S/C19H16O/c20-19-13-7-12-17(16-10-5-2-6-11-16)18(19)14-15-8-3-1-4-9-15/h1-13,20H,14H2. The minimum Gasteiger partial charge on any atom is -0.508 e. The van der Waals surface area contributed by atoms with Crippen molar-refractivity contribution >= 4 is 0 Å². The van der Waals surface area contributed by atoms with Crippen molar-refractivity contribution in [1.29, 1.82) is 0 Å². The molecule has 0 heterocycles. The van der Waals surface area contributed by atoms with Gasteiger partial charge in [-0.05, 0) is 22.8 Å². The molecule has 0 aliphatic carbocycles. The van der Waals surface area contributed by atoms with Crippen LogP contribution in [0.15, 0.2) is 78.9 Å². The number of hydrogen-bond acceptors (Lipinski definition) is 1. The fourth-order valence-electron chi connectivity index (χ4n) is 2.45. The first-order valence-corrected chi connectivity index (χ1v) is 6.75. The van der Waals surface area contributed by atoms with Crippen LogP contribution in [0.25, 0.3) is 11.1 Å². The molecular weight excluding hydrogens is 244 g/mol. The summed E-state index contributed by atoms with van der Waals surface area (Å²) in [6.07, 6.45) is 0.734. The van der Waals surface area contributed by atoms with Crippen LogP contribution in [0.1, 0.15) is 11.1 Å². The lowest BCUT2D eigenvalue weighted by Crippen LogP contribution is -1.93. The lowest BCUT2D eigenvalue weighted by Gasteiger charge is -2.12. The van der Waals surface area contributed by atoms with E-state index < -0.39 is 0 Å². The van der Waals surface area contributed by atoms with Crippen LogP contribution in [0.2, 0.25) is 0 Å². The second-order valence-electron chi connectivity index (χ2n) is 4.83. The van der Waals surface area contributed by atoms with E-state index in [9.17, 15) is 5.11 Å². The zero-order valence-electron chi connectivity index (χ0n) is 11.2. The van der Waals surface area contributed by atoms with Crippen LogP contribution in [0, 0.1) is 0 Å². The molecule has 3 aromatic rings. The molecule has 0 unspecified atom stereocenters. The highest BCUT2D eigenvalue weighted by atomic mass is 16.3. The molecule has 0 aromatic heterocycles. The molecular formula is C19H16O. The third-order valence-corrected chi connectivity index (χ3v) is 3.46. The van der Waals surface area contributed by atoms with E-state index in [4.69, 9.17) is 0 Å². The average Bonchev–Trinajstić information content (AvgIpc) is 2.51. The van der Waals surface area contributed by atoms with E-state index in [1.54, 1.807) is 6.07 Å². The van der Waals surface area contributed by atoms with Crippen LogP contribution in [0.5, 0.6) is 5.75 Å². The number of aromatic hydroxyl groups is 1. The maximum absolute atomic E-state index is 10.2. The largest absolute Gasteiger partial charge is 0.508 e. The number of phenols is 1. The second kappa shape index (κ2) is 5.62. The Hall–Kier alpha value is -2.54. The van der Waals surface area contributed by atoms with Gasteiger partial charge in [0, 0.05) is 12.0 Å². The normalized spacial score (nSPS) is 10.4. The molecule has 0 spiro atoms. The molecule has 1 N–H and O–H groups in total. The zero-order chi connectivity index (χ0) is 13.8. The van der Waals surface area contributed by atoms with Crippen molar-refractivity contribution in [3.8, 4) is 16.9 Å². The van der Waals surface area contributed by atoms with Crippen LogP contribution in [-0.4, -0.2) is 5.11 Å². The molecule has 0 bridgehead atoms. The topological polar surface area (TPSA) is 20.2 Å². The molecule has 3 rings (SSSR count). The number of rotatable bonds is 3. The van der Waals surface area contributed by atoms with Gasteiger partial charge in [-0.1, -0.05) is 72.8 Å². The van der Waals surface area contributed by atoms with E-state index in [1.165, 1.54) is 5.56 Å². The molecule has 0 amide bonds. The predicted octanol–water partition coefficient (Wildman–Crippen LogP) is 4.65. The van der Waals surface area contributed by atoms with E-state index in [0.717, 1.165) is 23.1 Å². The highest BCUT2D eigenvalue weighted by Crippen LogP contribution is 2.31. The lowest BCUT2D eigenvalue weighted by atomic mass is 9.94. The molecule has 0 atom stereocenters. The Balaban J connectivity index is 2.06. The van der Waals surface area contributed by atoms with Gasteiger partial charge in [-0.15, -0.1) is 0 Å². The molecule has 0 saturated heterocycles. The summed E-state index contributed by atoms with van der Waals surface area (Å²) in [5.74, 6) is 0.357. The third-order valence-electron chi connectivity index (χ3n) is 3.46. The van der Waals surface area contributed by atoms with E-state index in [2.05, 4.69) is 30.3 Å². The molecule has 1 heteroatoms. The van der Waals surface area contributed by atoms with Gasteiger partial charge in [0.1, 0.15) is 5.75 Å². The van der Waals surface area contributed by atoms with Crippen molar-refractivity contribution in [3.05, 3.63) is 90.0 Å².